The number of amides is 2. The lowest BCUT2D eigenvalue weighted by molar-refractivity contribution is -0.142. The maximum Gasteiger partial charge on any atom is 0.320 e. The number of carboxylic acid groups (broad SMARTS) is 1. The Kier molecular flexibility index (Phi) is 3.38. The highest BCUT2D eigenvalue weighted by Gasteiger charge is 2.52. The molecular weight excluding hydrogens is 256 g/mol. The fourth-order valence-electron chi connectivity index (χ4n) is 4.22. The molecule has 3 saturated heterocycles. The second-order valence-corrected chi connectivity index (χ2v) is 6.91. The summed E-state index contributed by atoms with van der Waals surface area (Å²) in [6.45, 7) is 6.08. The number of carboxylic acids is 1. The third-order valence-corrected chi connectivity index (χ3v) is 5.51. The number of nitrogens with zero attached hydrogens (tertiary/aromatic N) is 2. The minimum atomic E-state index is -0.739. The van der Waals surface area contributed by atoms with E-state index in [0.29, 0.717) is 18.3 Å². The molecule has 112 valence electrons. The van der Waals surface area contributed by atoms with Crippen molar-refractivity contribution < 1.29 is 14.7 Å². The fraction of sp³-hybridized carbons (Fsp3) is 0.867. The van der Waals surface area contributed by atoms with Crippen LogP contribution in [0.5, 0.6) is 0 Å². The highest BCUT2D eigenvalue weighted by Crippen LogP contribution is 2.42. The molecule has 0 spiro atoms. The van der Waals surface area contributed by atoms with E-state index in [0.717, 1.165) is 32.4 Å². The SMILES string of the molecule is CC(C)C1CCN(C(=O)N2C3CCC2C(C(=O)O)C3)C1. The standard InChI is InChI=1S/C15H24N2O3/c1-9(2)10-5-6-16(8-10)15(20)17-11-3-4-13(17)12(7-11)14(18)19/h9-13H,3-8H2,1-2H3,(H,18,19). The molecule has 0 aliphatic carbocycles. The zero-order valence-electron chi connectivity index (χ0n) is 12.3. The lowest BCUT2D eigenvalue weighted by Gasteiger charge is -2.29. The van der Waals surface area contributed by atoms with Gasteiger partial charge in [-0.05, 0) is 37.5 Å². The molecule has 3 aliphatic heterocycles. The predicted molar refractivity (Wildman–Crippen MR) is 74.3 cm³/mol. The zero-order chi connectivity index (χ0) is 14.4. The molecule has 5 nitrogen and oxygen atoms in total. The maximum absolute atomic E-state index is 12.7. The van der Waals surface area contributed by atoms with Crippen molar-refractivity contribution in [3.63, 3.8) is 0 Å². The average Bonchev–Trinajstić information content (AvgIpc) is 3.11. The first-order valence-electron chi connectivity index (χ1n) is 7.79. The number of urea groups is 1. The van der Waals surface area contributed by atoms with Crippen molar-refractivity contribution in [2.24, 2.45) is 17.8 Å². The minimum absolute atomic E-state index is 0.0666. The molecule has 0 aromatic carbocycles. The van der Waals surface area contributed by atoms with Crippen LogP contribution in [0.3, 0.4) is 0 Å². The van der Waals surface area contributed by atoms with Crippen LogP contribution < -0.4 is 0 Å². The van der Waals surface area contributed by atoms with Gasteiger partial charge in [0.05, 0.1) is 5.92 Å². The molecule has 0 saturated carbocycles. The number of hydrogen-bond acceptors (Lipinski definition) is 2. The third kappa shape index (κ3) is 2.07. The first kappa shape index (κ1) is 13.7. The lowest BCUT2D eigenvalue weighted by atomic mass is 9.89. The summed E-state index contributed by atoms with van der Waals surface area (Å²) in [6, 6.07) is 0.180. The quantitative estimate of drug-likeness (QED) is 0.842. The fourth-order valence-corrected chi connectivity index (χ4v) is 4.22. The molecule has 3 aliphatic rings. The molecule has 0 aromatic heterocycles. The van der Waals surface area contributed by atoms with Gasteiger partial charge in [-0.2, -0.15) is 0 Å². The van der Waals surface area contributed by atoms with E-state index in [1.165, 1.54) is 0 Å². The number of aliphatic carboxylic acids is 1. The van der Waals surface area contributed by atoms with Gasteiger partial charge in [0, 0.05) is 25.2 Å². The van der Waals surface area contributed by atoms with E-state index >= 15 is 0 Å². The first-order valence-corrected chi connectivity index (χ1v) is 7.79. The number of carbonyl (C=O) groups excluding carboxylic acids is 1. The van der Waals surface area contributed by atoms with Crippen molar-refractivity contribution in [2.75, 3.05) is 13.1 Å². The van der Waals surface area contributed by atoms with Gasteiger partial charge in [-0.15, -0.1) is 0 Å². The Morgan fingerprint density at radius 2 is 1.95 bits per heavy atom. The third-order valence-electron chi connectivity index (χ3n) is 5.51. The topological polar surface area (TPSA) is 60.9 Å². The van der Waals surface area contributed by atoms with E-state index in [1.807, 2.05) is 9.80 Å². The largest absolute Gasteiger partial charge is 0.481 e. The molecule has 2 amide bonds. The molecule has 3 fully saturated rings. The summed E-state index contributed by atoms with van der Waals surface area (Å²) < 4.78 is 0. The smallest absolute Gasteiger partial charge is 0.320 e. The number of rotatable bonds is 2. The molecule has 4 unspecified atom stereocenters. The molecule has 4 atom stereocenters. The van der Waals surface area contributed by atoms with Crippen LogP contribution in [0.1, 0.15) is 39.5 Å². The van der Waals surface area contributed by atoms with Crippen molar-refractivity contribution in [1.29, 1.82) is 0 Å². The summed E-state index contributed by atoms with van der Waals surface area (Å²) in [5.41, 5.74) is 0. The van der Waals surface area contributed by atoms with Crippen LogP contribution in [-0.4, -0.2) is 52.1 Å². The van der Waals surface area contributed by atoms with Crippen LogP contribution in [0.4, 0.5) is 4.79 Å². The Labute approximate surface area is 119 Å². The van der Waals surface area contributed by atoms with E-state index in [-0.39, 0.29) is 24.0 Å². The van der Waals surface area contributed by atoms with E-state index < -0.39 is 5.97 Å². The van der Waals surface area contributed by atoms with E-state index in [2.05, 4.69) is 13.8 Å². The summed E-state index contributed by atoms with van der Waals surface area (Å²) in [5.74, 6) is 0.113. The zero-order valence-corrected chi connectivity index (χ0v) is 12.3. The molecule has 2 bridgehead atoms. The van der Waals surface area contributed by atoms with Crippen LogP contribution in [0.25, 0.3) is 0 Å². The monoisotopic (exact) mass is 280 g/mol. The summed E-state index contributed by atoms with van der Waals surface area (Å²) in [5, 5.41) is 9.26. The van der Waals surface area contributed by atoms with E-state index in [4.69, 9.17) is 0 Å². The van der Waals surface area contributed by atoms with Crippen molar-refractivity contribution in [3.8, 4) is 0 Å². The molecular formula is C15H24N2O3. The first-order chi connectivity index (χ1) is 9.49. The Morgan fingerprint density at radius 3 is 2.50 bits per heavy atom. The van der Waals surface area contributed by atoms with Gasteiger partial charge in [-0.1, -0.05) is 13.8 Å². The second kappa shape index (κ2) is 4.93. The lowest BCUT2D eigenvalue weighted by Crippen LogP contribution is -2.46. The molecule has 3 heterocycles. The Balaban J connectivity index is 1.68. The van der Waals surface area contributed by atoms with Gasteiger partial charge in [-0.3, -0.25) is 4.79 Å². The Bertz CT molecular complexity index is 423. The van der Waals surface area contributed by atoms with E-state index in [1.54, 1.807) is 0 Å². The number of fused-ring (bicyclic) bond motifs is 2. The van der Waals surface area contributed by atoms with Crippen LogP contribution in [-0.2, 0) is 4.79 Å². The summed E-state index contributed by atoms with van der Waals surface area (Å²) in [4.78, 5) is 27.8. The van der Waals surface area contributed by atoms with Crippen molar-refractivity contribution in [3.05, 3.63) is 0 Å². The molecule has 0 radical (unpaired) electrons. The van der Waals surface area contributed by atoms with Crippen LogP contribution in [0.15, 0.2) is 0 Å². The Morgan fingerprint density at radius 1 is 1.20 bits per heavy atom. The van der Waals surface area contributed by atoms with Gasteiger partial charge >= 0.3 is 12.0 Å². The molecule has 20 heavy (non-hydrogen) atoms. The van der Waals surface area contributed by atoms with Crippen molar-refractivity contribution in [1.82, 2.24) is 9.80 Å². The highest BCUT2D eigenvalue weighted by atomic mass is 16.4. The van der Waals surface area contributed by atoms with Gasteiger partial charge < -0.3 is 14.9 Å². The predicted octanol–water partition coefficient (Wildman–Crippen LogP) is 2.02. The molecule has 1 N–H and O–H groups in total. The van der Waals surface area contributed by atoms with Gasteiger partial charge in [0.2, 0.25) is 0 Å². The van der Waals surface area contributed by atoms with Crippen molar-refractivity contribution >= 4 is 12.0 Å². The average molecular weight is 280 g/mol. The van der Waals surface area contributed by atoms with Gasteiger partial charge in [0.25, 0.3) is 0 Å². The van der Waals surface area contributed by atoms with Gasteiger partial charge in [0.1, 0.15) is 0 Å². The molecule has 3 rings (SSSR count). The number of likely N-dealkylation sites (tertiary alicyclic amines) is 1. The normalized spacial score (nSPS) is 36.1. The van der Waals surface area contributed by atoms with Crippen LogP contribution in [0.2, 0.25) is 0 Å². The second-order valence-electron chi connectivity index (χ2n) is 6.91. The molecule has 5 heteroatoms. The Hall–Kier alpha value is -1.26. The highest BCUT2D eigenvalue weighted by molar-refractivity contribution is 5.79. The number of hydrogen-bond donors (Lipinski definition) is 1. The molecule has 0 aromatic rings. The number of carbonyl (C=O) groups is 2. The summed E-state index contributed by atoms with van der Waals surface area (Å²) in [6.07, 6.45) is 3.55. The van der Waals surface area contributed by atoms with Crippen LogP contribution >= 0.6 is 0 Å². The van der Waals surface area contributed by atoms with Crippen molar-refractivity contribution in [2.45, 2.75) is 51.6 Å². The summed E-state index contributed by atoms with van der Waals surface area (Å²) in [7, 11) is 0. The maximum atomic E-state index is 12.7. The van der Waals surface area contributed by atoms with E-state index in [9.17, 15) is 14.7 Å². The summed E-state index contributed by atoms with van der Waals surface area (Å²) >= 11 is 0. The van der Waals surface area contributed by atoms with Crippen LogP contribution in [0, 0.1) is 17.8 Å². The van der Waals surface area contributed by atoms with Gasteiger partial charge in [-0.25, -0.2) is 4.79 Å². The minimum Gasteiger partial charge on any atom is -0.481 e. The van der Waals surface area contributed by atoms with Gasteiger partial charge in [0.15, 0.2) is 0 Å².